The number of nitrogens with one attached hydrogen (secondary N) is 3. The molecule has 39 heavy (non-hydrogen) atoms. The average molecular weight is 554 g/mol. The van der Waals surface area contributed by atoms with Crippen LogP contribution in [0.15, 0.2) is 36.7 Å². The number of carbonyl (C=O) groups excluding carboxylic acids is 2. The van der Waals surface area contributed by atoms with Crippen molar-refractivity contribution in [1.29, 1.82) is 0 Å². The smallest absolute Gasteiger partial charge is 0.346 e. The highest BCUT2D eigenvalue weighted by molar-refractivity contribution is 6.32. The molecule has 1 aromatic carbocycles. The minimum absolute atomic E-state index is 0.0264. The van der Waals surface area contributed by atoms with Crippen LogP contribution in [0, 0.1) is 18.3 Å². The molecule has 0 unspecified atom stereocenters. The second-order valence-corrected chi connectivity index (χ2v) is 10.0. The van der Waals surface area contributed by atoms with E-state index < -0.39 is 29.4 Å². The predicted molar refractivity (Wildman–Crippen MR) is 136 cm³/mol. The highest BCUT2D eigenvalue weighted by atomic mass is 35.5. The number of terminal acetylenes is 1. The fourth-order valence-electron chi connectivity index (χ4n) is 4.81. The molecule has 2 aliphatic carbocycles. The number of benzene rings is 1. The van der Waals surface area contributed by atoms with Gasteiger partial charge in [0.05, 0.1) is 28.0 Å². The first kappa shape index (κ1) is 24.9. The maximum atomic E-state index is 13.6. The minimum atomic E-state index is -4.85. The van der Waals surface area contributed by atoms with Gasteiger partial charge in [-0.2, -0.15) is 23.4 Å². The Morgan fingerprint density at radius 3 is 2.64 bits per heavy atom. The van der Waals surface area contributed by atoms with Gasteiger partial charge in [0, 0.05) is 28.8 Å². The van der Waals surface area contributed by atoms with Crippen LogP contribution in [0.1, 0.15) is 57.8 Å². The van der Waals surface area contributed by atoms with Crippen LogP contribution in [0.25, 0.3) is 16.7 Å². The zero-order chi connectivity index (χ0) is 27.5. The Bertz CT molecular complexity index is 1690. The molecule has 2 amide bonds. The molecule has 2 saturated carbocycles. The van der Waals surface area contributed by atoms with E-state index in [9.17, 15) is 22.8 Å². The van der Waals surface area contributed by atoms with Gasteiger partial charge in [-0.05, 0) is 49.8 Å². The van der Waals surface area contributed by atoms with Crippen molar-refractivity contribution >= 4 is 40.0 Å². The van der Waals surface area contributed by atoms with Crippen molar-refractivity contribution in [2.45, 2.75) is 37.4 Å². The molecule has 2 aliphatic rings. The van der Waals surface area contributed by atoms with Crippen LogP contribution in [0.3, 0.4) is 0 Å². The lowest BCUT2D eigenvalue weighted by Crippen LogP contribution is -2.39. The molecule has 3 aromatic heterocycles. The lowest BCUT2D eigenvalue weighted by molar-refractivity contribution is -0.141. The molecule has 198 valence electrons. The zero-order valence-electron chi connectivity index (χ0n) is 20.1. The number of carbonyl (C=O) groups is 2. The summed E-state index contributed by atoms with van der Waals surface area (Å²) in [6, 6.07) is 5.01. The van der Waals surface area contributed by atoms with Crippen molar-refractivity contribution in [1.82, 2.24) is 30.3 Å². The molecule has 3 heterocycles. The van der Waals surface area contributed by atoms with Gasteiger partial charge in [-0.15, -0.1) is 6.42 Å². The molecule has 6 rings (SSSR count). The fourth-order valence-corrected chi connectivity index (χ4v) is 5.01. The Hall–Kier alpha value is -4.37. The molecule has 9 nitrogen and oxygen atoms in total. The molecule has 13 heteroatoms. The molecule has 3 N–H and O–H groups in total. The summed E-state index contributed by atoms with van der Waals surface area (Å²) < 4.78 is 41.5. The van der Waals surface area contributed by atoms with Crippen molar-refractivity contribution in [3.05, 3.63) is 64.2 Å². The predicted octanol–water partition coefficient (Wildman–Crippen LogP) is 4.72. The van der Waals surface area contributed by atoms with Crippen LogP contribution in [-0.4, -0.2) is 42.3 Å². The summed E-state index contributed by atoms with van der Waals surface area (Å²) in [5, 5.41) is 16.5. The van der Waals surface area contributed by atoms with E-state index in [0.29, 0.717) is 27.6 Å². The highest BCUT2D eigenvalue weighted by Gasteiger charge is 2.55. The van der Waals surface area contributed by atoms with Crippen molar-refractivity contribution < 1.29 is 22.8 Å². The first-order valence-corrected chi connectivity index (χ1v) is 12.4. The number of nitrogens with zero attached hydrogens (tertiary/aromatic N) is 4. The van der Waals surface area contributed by atoms with Crippen LogP contribution in [0.5, 0.6) is 0 Å². The summed E-state index contributed by atoms with van der Waals surface area (Å²) in [6.07, 6.45) is 7.40. The Labute approximate surface area is 224 Å². The molecular formula is C26H19ClF3N7O2. The van der Waals surface area contributed by atoms with Crippen LogP contribution in [0.2, 0.25) is 5.02 Å². The number of pyridine rings is 1. The third kappa shape index (κ3) is 4.38. The average Bonchev–Trinajstić information content (AvgIpc) is 3.79. The molecule has 0 spiro atoms. The molecule has 0 bridgehead atoms. The first-order valence-electron chi connectivity index (χ1n) is 12.0. The number of fused-ring (bicyclic) bond motifs is 1. The van der Waals surface area contributed by atoms with Gasteiger partial charge < -0.3 is 10.6 Å². The number of alkyl halides is 3. The summed E-state index contributed by atoms with van der Waals surface area (Å²) in [5.74, 6) is 1.19. The van der Waals surface area contributed by atoms with Crippen molar-refractivity contribution in [3.63, 3.8) is 0 Å². The molecule has 0 atom stereocenters. The quantitative estimate of drug-likeness (QED) is 0.299. The molecular weight excluding hydrogens is 535 g/mol. The summed E-state index contributed by atoms with van der Waals surface area (Å²) in [7, 11) is 0. The number of amides is 2. The second-order valence-electron chi connectivity index (χ2n) is 9.62. The summed E-state index contributed by atoms with van der Waals surface area (Å²) in [4.78, 5) is 31.2. The number of aromatic nitrogens is 5. The van der Waals surface area contributed by atoms with E-state index in [2.05, 4.69) is 36.8 Å². The van der Waals surface area contributed by atoms with Crippen LogP contribution in [-0.2, 0) is 6.18 Å². The van der Waals surface area contributed by atoms with E-state index in [0.717, 1.165) is 25.7 Å². The van der Waals surface area contributed by atoms with E-state index in [4.69, 9.17) is 18.0 Å². The second kappa shape index (κ2) is 8.84. The van der Waals surface area contributed by atoms with Gasteiger partial charge in [-0.3, -0.25) is 14.7 Å². The SMILES string of the molecule is C#Cc1cc2cn[nH]c2c(C(=O)NC2(C3CC3)CC2)c1NC(=O)c1cc(C(F)(F)F)nn1-c1ncccc1Cl. The first-order chi connectivity index (χ1) is 18.6. The summed E-state index contributed by atoms with van der Waals surface area (Å²) >= 11 is 6.16. The Kier molecular flexibility index (Phi) is 5.65. The van der Waals surface area contributed by atoms with Crippen LogP contribution < -0.4 is 10.6 Å². The van der Waals surface area contributed by atoms with Gasteiger partial charge in [0.25, 0.3) is 11.8 Å². The largest absolute Gasteiger partial charge is 0.435 e. The molecule has 2 fully saturated rings. The molecule has 0 radical (unpaired) electrons. The topological polar surface area (TPSA) is 118 Å². The van der Waals surface area contributed by atoms with E-state index >= 15 is 0 Å². The van der Waals surface area contributed by atoms with E-state index in [1.54, 1.807) is 6.07 Å². The Morgan fingerprint density at radius 2 is 2.00 bits per heavy atom. The Morgan fingerprint density at radius 1 is 1.23 bits per heavy atom. The maximum absolute atomic E-state index is 13.6. The standard InChI is InChI=1S/C26H19ClF3N7O2/c1-2-13-10-14-12-32-35-21(14)19(24(39)34-25(7-8-25)15-5-6-15)20(13)33-23(38)17-11-18(26(28,29)30)36-37(17)22-16(27)4-3-9-31-22/h1,3-4,9-12,15H,5-8H2,(H,32,35)(H,33,38)(H,34,39). The third-order valence-corrected chi connectivity index (χ3v) is 7.34. The molecule has 0 aliphatic heterocycles. The third-order valence-electron chi connectivity index (χ3n) is 7.04. The van der Waals surface area contributed by atoms with Crippen LogP contribution >= 0.6 is 11.6 Å². The maximum Gasteiger partial charge on any atom is 0.435 e. The zero-order valence-corrected chi connectivity index (χ0v) is 20.8. The molecule has 0 saturated heterocycles. The van der Waals surface area contributed by atoms with E-state index in [1.807, 2.05) is 0 Å². The van der Waals surface area contributed by atoms with Gasteiger partial charge >= 0.3 is 6.18 Å². The lowest BCUT2D eigenvalue weighted by Gasteiger charge is -2.20. The van der Waals surface area contributed by atoms with Crippen molar-refractivity contribution in [3.8, 4) is 18.2 Å². The van der Waals surface area contributed by atoms with Gasteiger partial charge in [0.2, 0.25) is 0 Å². The monoisotopic (exact) mass is 553 g/mol. The number of hydrogen-bond acceptors (Lipinski definition) is 5. The lowest BCUT2D eigenvalue weighted by atomic mass is 10.0. The Balaban J connectivity index is 1.45. The van der Waals surface area contributed by atoms with Crippen molar-refractivity contribution in [2.75, 3.05) is 5.32 Å². The number of anilines is 1. The number of halogens is 4. The number of rotatable bonds is 6. The van der Waals surface area contributed by atoms with Gasteiger partial charge in [0.1, 0.15) is 5.69 Å². The van der Waals surface area contributed by atoms with Gasteiger partial charge in [0.15, 0.2) is 11.5 Å². The van der Waals surface area contributed by atoms with E-state index in [-0.39, 0.29) is 33.2 Å². The summed E-state index contributed by atoms with van der Waals surface area (Å²) in [6.45, 7) is 0. The molecule has 4 aromatic rings. The highest BCUT2D eigenvalue weighted by Crippen LogP contribution is 2.54. The van der Waals surface area contributed by atoms with Crippen molar-refractivity contribution in [2.24, 2.45) is 5.92 Å². The fraction of sp³-hybridized carbons (Fsp3) is 0.269. The van der Waals surface area contributed by atoms with Gasteiger partial charge in [-0.25, -0.2) is 9.67 Å². The van der Waals surface area contributed by atoms with E-state index in [1.165, 1.54) is 24.5 Å². The number of hydrogen-bond donors (Lipinski definition) is 3. The van der Waals surface area contributed by atoms with Gasteiger partial charge in [-0.1, -0.05) is 17.5 Å². The minimum Gasteiger partial charge on any atom is -0.346 e. The number of H-pyrrole nitrogens is 1. The normalized spacial score (nSPS) is 16.1. The van der Waals surface area contributed by atoms with Crippen LogP contribution in [0.4, 0.5) is 18.9 Å². The summed E-state index contributed by atoms with van der Waals surface area (Å²) in [5.41, 5.74) is -1.67. The number of aromatic amines is 1.